The Balaban J connectivity index is 1.67. The van der Waals surface area contributed by atoms with E-state index in [4.69, 9.17) is 0 Å². The monoisotopic (exact) mass is 276 g/mol. The number of hydrogen-bond donors (Lipinski definition) is 0. The molecule has 1 saturated carbocycles. The van der Waals surface area contributed by atoms with Gasteiger partial charge in [-0.15, -0.1) is 0 Å². The Kier molecular flexibility index (Phi) is 3.55. The van der Waals surface area contributed by atoms with Crippen molar-refractivity contribution in [3.05, 3.63) is 71.3 Å². The number of fused-ring (bicyclic) bond motifs is 1. The summed E-state index contributed by atoms with van der Waals surface area (Å²) < 4.78 is 0. The lowest BCUT2D eigenvalue weighted by atomic mass is 9.68. The first-order valence-electron chi connectivity index (χ1n) is 8.56. The summed E-state index contributed by atoms with van der Waals surface area (Å²) in [5.74, 6) is 2.42. The van der Waals surface area contributed by atoms with Crippen LogP contribution >= 0.6 is 0 Å². The Morgan fingerprint density at radius 2 is 1.43 bits per heavy atom. The molecule has 0 amide bonds. The van der Waals surface area contributed by atoms with Crippen LogP contribution in [-0.4, -0.2) is 0 Å². The van der Waals surface area contributed by atoms with Crippen molar-refractivity contribution in [3.8, 4) is 0 Å². The highest BCUT2D eigenvalue weighted by Gasteiger charge is 2.36. The maximum Gasteiger partial charge on any atom is -0.0122 e. The molecule has 2 aromatic rings. The Bertz CT molecular complexity index is 594. The smallest absolute Gasteiger partial charge is 0.0122 e. The molecular formula is C21H24. The molecule has 0 aromatic heterocycles. The van der Waals surface area contributed by atoms with E-state index in [9.17, 15) is 0 Å². The summed E-state index contributed by atoms with van der Waals surface area (Å²) in [6.07, 6.45) is 8.29. The summed E-state index contributed by atoms with van der Waals surface area (Å²) in [4.78, 5) is 0. The van der Waals surface area contributed by atoms with Crippen LogP contribution in [0.15, 0.2) is 54.6 Å². The van der Waals surface area contributed by atoms with E-state index in [2.05, 4.69) is 54.6 Å². The predicted octanol–water partition coefficient (Wildman–Crippen LogP) is 5.69. The SMILES string of the molecule is c1ccc([C@@H]2CCCCC2[C@H]2CCc3ccccc32)cc1. The third kappa shape index (κ3) is 2.41. The highest BCUT2D eigenvalue weighted by molar-refractivity contribution is 5.36. The molecule has 0 aliphatic heterocycles. The predicted molar refractivity (Wildman–Crippen MR) is 88.6 cm³/mol. The largest absolute Gasteiger partial charge is 0.0622 e. The number of aryl methyl sites for hydroxylation is 1. The van der Waals surface area contributed by atoms with Gasteiger partial charge in [-0.2, -0.15) is 0 Å². The maximum absolute atomic E-state index is 2.39. The summed E-state index contributed by atoms with van der Waals surface area (Å²) in [6.45, 7) is 0. The van der Waals surface area contributed by atoms with E-state index < -0.39 is 0 Å². The second-order valence-corrected chi connectivity index (χ2v) is 6.81. The summed E-state index contributed by atoms with van der Waals surface area (Å²) >= 11 is 0. The lowest BCUT2D eigenvalue weighted by Gasteiger charge is -2.36. The summed E-state index contributed by atoms with van der Waals surface area (Å²) in [7, 11) is 0. The van der Waals surface area contributed by atoms with Gasteiger partial charge in [-0.05, 0) is 60.1 Å². The first-order chi connectivity index (χ1) is 10.4. The van der Waals surface area contributed by atoms with Crippen LogP contribution in [0.5, 0.6) is 0 Å². The van der Waals surface area contributed by atoms with Gasteiger partial charge in [-0.3, -0.25) is 0 Å². The van der Waals surface area contributed by atoms with Crippen molar-refractivity contribution in [3.63, 3.8) is 0 Å². The fraction of sp³-hybridized carbons (Fsp3) is 0.429. The molecule has 0 spiro atoms. The molecule has 21 heavy (non-hydrogen) atoms. The minimum atomic E-state index is 0.774. The molecule has 2 aromatic carbocycles. The van der Waals surface area contributed by atoms with E-state index in [1.165, 1.54) is 38.5 Å². The van der Waals surface area contributed by atoms with Crippen LogP contribution in [-0.2, 0) is 6.42 Å². The average Bonchev–Trinajstić information content (AvgIpc) is 3.00. The molecule has 0 heterocycles. The zero-order valence-electron chi connectivity index (χ0n) is 12.7. The van der Waals surface area contributed by atoms with Crippen molar-refractivity contribution in [1.82, 2.24) is 0 Å². The quantitative estimate of drug-likeness (QED) is 0.661. The van der Waals surface area contributed by atoms with Crippen molar-refractivity contribution in [2.45, 2.75) is 50.4 Å². The van der Waals surface area contributed by atoms with Gasteiger partial charge in [0.15, 0.2) is 0 Å². The molecule has 0 bridgehead atoms. The molecule has 0 saturated heterocycles. The first kappa shape index (κ1) is 13.1. The average molecular weight is 276 g/mol. The number of benzene rings is 2. The minimum absolute atomic E-state index is 0.774. The van der Waals surface area contributed by atoms with Crippen molar-refractivity contribution in [2.75, 3.05) is 0 Å². The number of rotatable bonds is 2. The Hall–Kier alpha value is -1.56. The van der Waals surface area contributed by atoms with E-state index in [0.29, 0.717) is 0 Å². The molecule has 4 rings (SSSR count). The van der Waals surface area contributed by atoms with Crippen molar-refractivity contribution >= 4 is 0 Å². The molecule has 3 atom stereocenters. The van der Waals surface area contributed by atoms with Crippen LogP contribution in [0.25, 0.3) is 0 Å². The Morgan fingerprint density at radius 1 is 0.667 bits per heavy atom. The van der Waals surface area contributed by atoms with E-state index in [-0.39, 0.29) is 0 Å². The Morgan fingerprint density at radius 3 is 2.33 bits per heavy atom. The van der Waals surface area contributed by atoms with Gasteiger partial charge in [0.05, 0.1) is 0 Å². The normalized spacial score (nSPS) is 28.3. The third-order valence-electron chi connectivity index (χ3n) is 5.74. The fourth-order valence-electron chi connectivity index (χ4n) is 4.79. The van der Waals surface area contributed by atoms with E-state index in [1.54, 1.807) is 16.7 Å². The summed E-state index contributed by atoms with van der Waals surface area (Å²) in [6, 6.07) is 20.4. The van der Waals surface area contributed by atoms with E-state index in [0.717, 1.165) is 17.8 Å². The fourth-order valence-corrected chi connectivity index (χ4v) is 4.79. The number of hydrogen-bond acceptors (Lipinski definition) is 0. The van der Waals surface area contributed by atoms with E-state index in [1.807, 2.05) is 0 Å². The van der Waals surface area contributed by atoms with Crippen molar-refractivity contribution in [1.29, 1.82) is 0 Å². The molecular weight excluding hydrogens is 252 g/mol. The third-order valence-corrected chi connectivity index (χ3v) is 5.74. The summed E-state index contributed by atoms with van der Waals surface area (Å²) in [5.41, 5.74) is 4.84. The molecule has 2 aliphatic carbocycles. The van der Waals surface area contributed by atoms with Crippen molar-refractivity contribution < 1.29 is 0 Å². The standard InChI is InChI=1S/C21H24/c1-2-8-16(9-3-1)18-12-6-7-13-20(18)21-15-14-17-10-4-5-11-19(17)21/h1-5,8-11,18,20-21H,6-7,12-15H2/t18-,20?,21-/m0/s1. The minimum Gasteiger partial charge on any atom is -0.0622 e. The molecule has 0 N–H and O–H groups in total. The van der Waals surface area contributed by atoms with Crippen molar-refractivity contribution in [2.24, 2.45) is 5.92 Å². The zero-order chi connectivity index (χ0) is 14.1. The van der Waals surface area contributed by atoms with Gasteiger partial charge < -0.3 is 0 Å². The van der Waals surface area contributed by atoms with Crippen LogP contribution in [0.1, 0.15) is 60.6 Å². The molecule has 108 valence electrons. The van der Waals surface area contributed by atoms with Gasteiger partial charge in [0.25, 0.3) is 0 Å². The molecule has 1 unspecified atom stereocenters. The maximum atomic E-state index is 2.39. The lowest BCUT2D eigenvalue weighted by molar-refractivity contribution is 0.260. The van der Waals surface area contributed by atoms with Gasteiger partial charge in [0.1, 0.15) is 0 Å². The van der Waals surface area contributed by atoms with E-state index >= 15 is 0 Å². The highest BCUT2D eigenvalue weighted by atomic mass is 14.4. The Labute approximate surface area is 128 Å². The topological polar surface area (TPSA) is 0 Å². The van der Waals surface area contributed by atoms with Crippen LogP contribution < -0.4 is 0 Å². The molecule has 0 nitrogen and oxygen atoms in total. The highest BCUT2D eigenvalue weighted by Crippen LogP contribution is 2.49. The van der Waals surface area contributed by atoms with Crippen LogP contribution in [0.4, 0.5) is 0 Å². The van der Waals surface area contributed by atoms with Gasteiger partial charge in [-0.1, -0.05) is 67.4 Å². The molecule has 0 radical (unpaired) electrons. The summed E-state index contributed by atoms with van der Waals surface area (Å²) in [5, 5.41) is 0. The van der Waals surface area contributed by atoms with Gasteiger partial charge in [0, 0.05) is 0 Å². The lowest BCUT2D eigenvalue weighted by Crippen LogP contribution is -2.23. The van der Waals surface area contributed by atoms with Crippen LogP contribution in [0.2, 0.25) is 0 Å². The van der Waals surface area contributed by atoms with Crippen LogP contribution in [0.3, 0.4) is 0 Å². The van der Waals surface area contributed by atoms with Gasteiger partial charge in [0.2, 0.25) is 0 Å². The zero-order valence-corrected chi connectivity index (χ0v) is 12.7. The molecule has 1 fully saturated rings. The van der Waals surface area contributed by atoms with Crippen LogP contribution in [0, 0.1) is 5.92 Å². The van der Waals surface area contributed by atoms with Gasteiger partial charge >= 0.3 is 0 Å². The second-order valence-electron chi connectivity index (χ2n) is 6.81. The van der Waals surface area contributed by atoms with Gasteiger partial charge in [-0.25, -0.2) is 0 Å². The first-order valence-corrected chi connectivity index (χ1v) is 8.56. The second kappa shape index (κ2) is 5.67. The molecule has 2 aliphatic rings. The molecule has 0 heteroatoms.